The van der Waals surface area contributed by atoms with Gasteiger partial charge in [-0.3, -0.25) is 24.2 Å². The lowest BCUT2D eigenvalue weighted by Crippen LogP contribution is -2.44. The Hall–Kier alpha value is -3.59. The normalized spacial score (nSPS) is 23.8. The number of carboxylic acids is 1. The van der Waals surface area contributed by atoms with Crippen LogP contribution in [0.2, 0.25) is 0 Å². The number of hydrogen-bond acceptors (Lipinski definition) is 6. The number of aliphatic carboxylic acids is 1. The number of nitrogens with zero attached hydrogens (tertiary/aromatic N) is 4. The summed E-state index contributed by atoms with van der Waals surface area (Å²) in [5, 5.41) is 12.4. The molecule has 4 heterocycles. The molecule has 0 bridgehead atoms. The van der Waals surface area contributed by atoms with E-state index >= 15 is 0 Å². The van der Waals surface area contributed by atoms with Crippen LogP contribution in [0.1, 0.15) is 64.7 Å². The Morgan fingerprint density at radius 1 is 0.929 bits per heavy atom. The summed E-state index contributed by atoms with van der Waals surface area (Å²) in [5.74, 6) is -0.145. The molecule has 2 amide bonds. The quantitative estimate of drug-likeness (QED) is 0.332. The maximum absolute atomic E-state index is 14.0. The van der Waals surface area contributed by atoms with Gasteiger partial charge in [0.1, 0.15) is 5.82 Å². The van der Waals surface area contributed by atoms with Crippen molar-refractivity contribution in [3.05, 3.63) is 48.0 Å². The molecule has 2 aromatic heterocycles. The fourth-order valence-corrected chi connectivity index (χ4v) is 7.99. The van der Waals surface area contributed by atoms with Crippen molar-refractivity contribution in [2.24, 2.45) is 23.7 Å². The molecule has 3 atom stereocenters. The standard InChI is InChI=1S/C33H38N4O4S/c1-21-15-17-36(31(21)40)29-14-13-23(19-34-29)25-10-4-5-12-26(25)28-20-42-33(35-28)37-16-7-6-11-24(22-8-2-3-9-22)27(32(37)41)18-30(38)39/h4-5,10,12-14,19-22,24,27H,2-3,6-9,11,15-18H2,1H3,(H,38,39)/t21-,24+,27-/m0/s1. The van der Waals surface area contributed by atoms with Crippen molar-refractivity contribution in [2.75, 3.05) is 22.9 Å². The third-order valence-electron chi connectivity index (χ3n) is 9.40. The first-order valence-electron chi connectivity index (χ1n) is 15.3. The summed E-state index contributed by atoms with van der Waals surface area (Å²) in [7, 11) is 0. The highest BCUT2D eigenvalue weighted by atomic mass is 32.1. The summed E-state index contributed by atoms with van der Waals surface area (Å²) in [6.45, 7) is 3.20. The molecule has 9 heteroatoms. The first-order valence-corrected chi connectivity index (χ1v) is 16.1. The predicted molar refractivity (Wildman–Crippen MR) is 164 cm³/mol. The van der Waals surface area contributed by atoms with E-state index < -0.39 is 11.9 Å². The van der Waals surface area contributed by atoms with Crippen molar-refractivity contribution < 1.29 is 19.5 Å². The first kappa shape index (κ1) is 28.5. The minimum Gasteiger partial charge on any atom is -0.481 e. The molecule has 1 N–H and O–H groups in total. The zero-order valence-electron chi connectivity index (χ0n) is 24.1. The van der Waals surface area contributed by atoms with E-state index in [-0.39, 0.29) is 30.1 Å². The van der Waals surface area contributed by atoms with Gasteiger partial charge in [-0.2, -0.15) is 0 Å². The second kappa shape index (κ2) is 12.3. The summed E-state index contributed by atoms with van der Waals surface area (Å²) in [5.41, 5.74) is 3.60. The van der Waals surface area contributed by atoms with Crippen LogP contribution in [0.25, 0.3) is 22.4 Å². The Kier molecular flexibility index (Phi) is 8.38. The monoisotopic (exact) mass is 586 g/mol. The van der Waals surface area contributed by atoms with Crippen molar-refractivity contribution in [1.29, 1.82) is 0 Å². The van der Waals surface area contributed by atoms with Crippen molar-refractivity contribution in [3.63, 3.8) is 0 Å². The molecule has 3 aliphatic rings. The van der Waals surface area contributed by atoms with Crippen LogP contribution in [-0.4, -0.2) is 45.9 Å². The third kappa shape index (κ3) is 5.71. The van der Waals surface area contributed by atoms with Gasteiger partial charge in [0.15, 0.2) is 5.13 Å². The highest BCUT2D eigenvalue weighted by Crippen LogP contribution is 2.42. The van der Waals surface area contributed by atoms with Gasteiger partial charge in [0.25, 0.3) is 0 Å². The number of thiazole rings is 1. The van der Waals surface area contributed by atoms with Gasteiger partial charge in [-0.1, -0.05) is 63.3 Å². The molecule has 42 heavy (non-hydrogen) atoms. The molecule has 3 aromatic rings. The van der Waals surface area contributed by atoms with Gasteiger partial charge in [0, 0.05) is 41.7 Å². The summed E-state index contributed by atoms with van der Waals surface area (Å²) in [4.78, 5) is 51.5. The molecule has 0 unspecified atom stereocenters. The number of rotatable bonds is 7. The van der Waals surface area contributed by atoms with Crippen molar-refractivity contribution in [1.82, 2.24) is 9.97 Å². The molecule has 2 saturated heterocycles. The van der Waals surface area contributed by atoms with Gasteiger partial charge < -0.3 is 5.11 Å². The van der Waals surface area contributed by atoms with Crippen molar-refractivity contribution in [2.45, 2.75) is 64.7 Å². The first-order chi connectivity index (χ1) is 20.4. The van der Waals surface area contributed by atoms with E-state index in [9.17, 15) is 19.5 Å². The second-order valence-corrected chi connectivity index (χ2v) is 12.9. The zero-order chi connectivity index (χ0) is 29.2. The minimum atomic E-state index is -0.908. The number of carbonyl (C=O) groups excluding carboxylic acids is 2. The summed E-state index contributed by atoms with van der Waals surface area (Å²) in [6.07, 6.45) is 9.85. The van der Waals surface area contributed by atoms with E-state index in [0.29, 0.717) is 30.0 Å². The number of hydrogen-bond donors (Lipinski definition) is 1. The second-order valence-electron chi connectivity index (χ2n) is 12.0. The van der Waals surface area contributed by atoms with Gasteiger partial charge in [-0.15, -0.1) is 11.3 Å². The van der Waals surface area contributed by atoms with E-state index in [4.69, 9.17) is 4.98 Å². The highest BCUT2D eigenvalue weighted by Gasteiger charge is 2.40. The number of aromatic nitrogens is 2. The summed E-state index contributed by atoms with van der Waals surface area (Å²) >= 11 is 1.44. The fourth-order valence-electron chi connectivity index (χ4n) is 7.14. The average molecular weight is 587 g/mol. The summed E-state index contributed by atoms with van der Waals surface area (Å²) in [6, 6.07) is 11.9. The van der Waals surface area contributed by atoms with Crippen LogP contribution < -0.4 is 9.80 Å². The predicted octanol–water partition coefficient (Wildman–Crippen LogP) is 6.66. The molecule has 1 aliphatic carbocycles. The van der Waals surface area contributed by atoms with Gasteiger partial charge >= 0.3 is 5.97 Å². The Labute approximate surface area is 250 Å². The number of benzene rings is 1. The van der Waals surface area contributed by atoms with E-state index in [2.05, 4.69) is 4.98 Å². The molecular formula is C33H38N4O4S. The molecule has 3 fully saturated rings. The Morgan fingerprint density at radius 2 is 1.69 bits per heavy atom. The van der Waals surface area contributed by atoms with Crippen LogP contribution in [0, 0.1) is 23.7 Å². The largest absolute Gasteiger partial charge is 0.481 e. The Bertz CT molecular complexity index is 1450. The van der Waals surface area contributed by atoms with Crippen LogP contribution in [0.4, 0.5) is 10.9 Å². The fraction of sp³-hybridized carbons (Fsp3) is 0.485. The van der Waals surface area contributed by atoms with Crippen LogP contribution in [-0.2, 0) is 14.4 Å². The lowest BCUT2D eigenvalue weighted by molar-refractivity contribution is -0.142. The average Bonchev–Trinajstić information content (AvgIpc) is 3.76. The lowest BCUT2D eigenvalue weighted by atomic mass is 9.74. The number of amides is 2. The molecule has 1 aromatic carbocycles. The van der Waals surface area contributed by atoms with E-state index in [1.807, 2.05) is 48.7 Å². The highest BCUT2D eigenvalue weighted by molar-refractivity contribution is 7.14. The lowest BCUT2D eigenvalue weighted by Gasteiger charge is -2.35. The van der Waals surface area contributed by atoms with Crippen LogP contribution in [0.5, 0.6) is 0 Å². The number of anilines is 2. The number of carboxylic acid groups (broad SMARTS) is 1. The third-order valence-corrected chi connectivity index (χ3v) is 10.3. The molecule has 1 saturated carbocycles. The molecule has 6 rings (SSSR count). The van der Waals surface area contributed by atoms with Gasteiger partial charge in [0.2, 0.25) is 11.8 Å². The molecular weight excluding hydrogens is 548 g/mol. The van der Waals surface area contributed by atoms with E-state index in [0.717, 1.165) is 60.9 Å². The maximum atomic E-state index is 14.0. The number of pyridine rings is 1. The maximum Gasteiger partial charge on any atom is 0.304 e. The smallest absolute Gasteiger partial charge is 0.304 e. The van der Waals surface area contributed by atoms with Crippen LogP contribution in [0.3, 0.4) is 0 Å². The van der Waals surface area contributed by atoms with Crippen LogP contribution >= 0.6 is 11.3 Å². The molecule has 220 valence electrons. The van der Waals surface area contributed by atoms with Crippen molar-refractivity contribution in [3.8, 4) is 22.4 Å². The zero-order valence-corrected chi connectivity index (χ0v) is 24.9. The van der Waals surface area contributed by atoms with Crippen molar-refractivity contribution >= 4 is 40.1 Å². The van der Waals surface area contributed by atoms with Crippen LogP contribution in [0.15, 0.2) is 48.0 Å². The Balaban J connectivity index is 1.27. The van der Waals surface area contributed by atoms with Gasteiger partial charge in [-0.05, 0) is 48.8 Å². The van der Waals surface area contributed by atoms with E-state index in [1.165, 1.54) is 24.2 Å². The SMILES string of the molecule is C[C@H]1CCN(c2ccc(-c3ccccc3-c3csc(N4CCCC[C@H](C5CCCC5)[C@H](CC(=O)O)C4=O)n3)cn2)C1=O. The van der Waals surface area contributed by atoms with E-state index in [1.54, 1.807) is 16.0 Å². The minimum absolute atomic E-state index is 0.0273. The molecule has 8 nitrogen and oxygen atoms in total. The number of carbonyl (C=O) groups is 3. The Morgan fingerprint density at radius 3 is 2.38 bits per heavy atom. The topological polar surface area (TPSA) is 104 Å². The summed E-state index contributed by atoms with van der Waals surface area (Å²) < 4.78 is 0. The molecule has 0 spiro atoms. The van der Waals surface area contributed by atoms with Gasteiger partial charge in [0.05, 0.1) is 18.0 Å². The van der Waals surface area contributed by atoms with Gasteiger partial charge in [-0.25, -0.2) is 9.97 Å². The molecule has 2 aliphatic heterocycles. The molecule has 0 radical (unpaired) electrons.